The quantitative estimate of drug-likeness (QED) is 0.370. The van der Waals surface area contributed by atoms with Crippen LogP contribution in [0.4, 0.5) is 5.82 Å². The molecule has 1 aliphatic rings. The Bertz CT molecular complexity index is 1200. The largest absolute Gasteiger partial charge is 0.494 e. The Morgan fingerprint density at radius 3 is 2.56 bits per heavy atom. The second-order valence-corrected chi connectivity index (χ2v) is 8.36. The summed E-state index contributed by atoms with van der Waals surface area (Å²) in [6.45, 7) is 8.25. The number of hydrogen-bond acceptors (Lipinski definition) is 6. The zero-order valence-electron chi connectivity index (χ0n) is 19.6. The maximum absolute atomic E-state index is 5.62. The maximum Gasteiger partial charge on any atom is 0.150 e. The molecule has 7 nitrogen and oxygen atoms in total. The van der Waals surface area contributed by atoms with Gasteiger partial charge in [0.15, 0.2) is 5.65 Å². The van der Waals surface area contributed by atoms with Gasteiger partial charge in [-0.3, -0.25) is 4.90 Å². The minimum atomic E-state index is 0.651. The summed E-state index contributed by atoms with van der Waals surface area (Å²) in [5.74, 6) is 1.73. The number of nitrogens with zero attached hydrogens (tertiary/aromatic N) is 4. The summed E-state index contributed by atoms with van der Waals surface area (Å²) >= 11 is 0. The number of anilines is 1. The first kappa shape index (κ1) is 22.4. The molecular weight excluding hydrogens is 426 g/mol. The van der Waals surface area contributed by atoms with Gasteiger partial charge in [-0.25, -0.2) is 9.97 Å². The lowest BCUT2D eigenvalue weighted by Gasteiger charge is -2.26. The lowest BCUT2D eigenvalue weighted by atomic mass is 10.1. The summed E-state index contributed by atoms with van der Waals surface area (Å²) < 4.78 is 13.2. The van der Waals surface area contributed by atoms with Crippen LogP contribution in [0.2, 0.25) is 0 Å². The van der Waals surface area contributed by atoms with Crippen LogP contribution in [0.25, 0.3) is 27.8 Å². The number of hydrogen-bond donors (Lipinski definition) is 1. The van der Waals surface area contributed by atoms with Gasteiger partial charge in [-0.2, -0.15) is 0 Å². The topological polar surface area (TPSA) is 64.4 Å². The molecule has 0 radical (unpaired) electrons. The standard InChI is InChI=1S/C27H31N5O2/c1-2-34-23-11-9-22(10-12-23)32-19-24(21-7-4-3-5-8-21)25-26(29-20-30-27(25)32)28-13-6-14-31-15-17-33-18-16-31/h3-5,7-12,19-20H,2,6,13-18H2,1H3,(H,28,29,30). The van der Waals surface area contributed by atoms with Crippen molar-refractivity contribution in [2.75, 3.05) is 51.3 Å². The molecule has 34 heavy (non-hydrogen) atoms. The monoisotopic (exact) mass is 457 g/mol. The number of morpholine rings is 1. The van der Waals surface area contributed by atoms with Crippen LogP contribution in [-0.2, 0) is 4.74 Å². The highest BCUT2D eigenvalue weighted by Gasteiger charge is 2.17. The third-order valence-corrected chi connectivity index (χ3v) is 6.14. The molecule has 2 aromatic carbocycles. The molecule has 4 aromatic rings. The molecule has 176 valence electrons. The summed E-state index contributed by atoms with van der Waals surface area (Å²) in [5.41, 5.74) is 4.17. The summed E-state index contributed by atoms with van der Waals surface area (Å²) in [6.07, 6.45) is 4.85. The van der Waals surface area contributed by atoms with E-state index in [9.17, 15) is 0 Å². The fraction of sp³-hybridized carbons (Fsp3) is 0.333. The van der Waals surface area contributed by atoms with E-state index in [-0.39, 0.29) is 0 Å². The Morgan fingerprint density at radius 2 is 1.79 bits per heavy atom. The molecule has 0 bridgehead atoms. The summed E-state index contributed by atoms with van der Waals surface area (Å²) in [6, 6.07) is 18.6. The minimum absolute atomic E-state index is 0.651. The first-order valence-corrected chi connectivity index (χ1v) is 12.0. The van der Waals surface area contributed by atoms with Crippen LogP contribution in [0.15, 0.2) is 67.1 Å². The second kappa shape index (κ2) is 10.7. The third-order valence-electron chi connectivity index (χ3n) is 6.14. The molecule has 0 unspecified atom stereocenters. The fourth-order valence-corrected chi connectivity index (χ4v) is 4.43. The molecule has 2 aromatic heterocycles. The average molecular weight is 458 g/mol. The van der Waals surface area contributed by atoms with Gasteiger partial charge in [-0.05, 0) is 49.7 Å². The molecule has 1 fully saturated rings. The number of rotatable bonds is 9. The van der Waals surface area contributed by atoms with Gasteiger partial charge in [0.25, 0.3) is 0 Å². The van der Waals surface area contributed by atoms with Crippen LogP contribution in [0.1, 0.15) is 13.3 Å². The molecule has 5 rings (SSSR count). The number of fused-ring (bicyclic) bond motifs is 1. The molecule has 3 heterocycles. The maximum atomic E-state index is 5.62. The molecule has 0 atom stereocenters. The van der Waals surface area contributed by atoms with Gasteiger partial charge >= 0.3 is 0 Å². The van der Waals surface area contributed by atoms with Crippen LogP contribution < -0.4 is 10.1 Å². The van der Waals surface area contributed by atoms with E-state index in [0.717, 1.165) is 85.2 Å². The minimum Gasteiger partial charge on any atom is -0.494 e. The molecule has 1 N–H and O–H groups in total. The van der Waals surface area contributed by atoms with Crippen molar-refractivity contribution < 1.29 is 9.47 Å². The molecule has 0 saturated carbocycles. The molecular formula is C27H31N5O2. The highest BCUT2D eigenvalue weighted by molar-refractivity contribution is 6.02. The van der Waals surface area contributed by atoms with Crippen LogP contribution in [0.5, 0.6) is 5.75 Å². The van der Waals surface area contributed by atoms with E-state index in [2.05, 4.69) is 67.3 Å². The Morgan fingerprint density at radius 1 is 1.00 bits per heavy atom. The Balaban J connectivity index is 1.45. The average Bonchev–Trinajstić information content (AvgIpc) is 3.29. The van der Waals surface area contributed by atoms with E-state index in [1.807, 2.05) is 25.1 Å². The molecule has 0 aliphatic carbocycles. The van der Waals surface area contributed by atoms with Gasteiger partial charge in [0.2, 0.25) is 0 Å². The van der Waals surface area contributed by atoms with Crippen molar-refractivity contribution in [3.63, 3.8) is 0 Å². The second-order valence-electron chi connectivity index (χ2n) is 8.36. The van der Waals surface area contributed by atoms with Gasteiger partial charge in [0.05, 0.1) is 25.2 Å². The van der Waals surface area contributed by atoms with Gasteiger partial charge in [-0.1, -0.05) is 30.3 Å². The van der Waals surface area contributed by atoms with Crippen LogP contribution in [0.3, 0.4) is 0 Å². The third kappa shape index (κ3) is 4.90. The van der Waals surface area contributed by atoms with E-state index in [0.29, 0.717) is 6.61 Å². The van der Waals surface area contributed by atoms with Gasteiger partial charge in [0, 0.05) is 37.1 Å². The Labute approximate surface area is 200 Å². The zero-order valence-corrected chi connectivity index (χ0v) is 19.6. The predicted molar refractivity (Wildman–Crippen MR) is 136 cm³/mol. The highest BCUT2D eigenvalue weighted by Crippen LogP contribution is 2.35. The van der Waals surface area contributed by atoms with Crippen LogP contribution in [0, 0.1) is 0 Å². The van der Waals surface area contributed by atoms with Crippen molar-refractivity contribution in [1.29, 1.82) is 0 Å². The van der Waals surface area contributed by atoms with E-state index in [4.69, 9.17) is 9.47 Å². The molecule has 0 amide bonds. The smallest absolute Gasteiger partial charge is 0.150 e. The van der Waals surface area contributed by atoms with Gasteiger partial charge in [0.1, 0.15) is 17.9 Å². The van der Waals surface area contributed by atoms with Crippen molar-refractivity contribution in [2.45, 2.75) is 13.3 Å². The summed E-state index contributed by atoms with van der Waals surface area (Å²) in [7, 11) is 0. The van der Waals surface area contributed by atoms with E-state index in [1.54, 1.807) is 6.33 Å². The normalized spacial score (nSPS) is 14.4. The number of aromatic nitrogens is 3. The lowest BCUT2D eigenvalue weighted by Crippen LogP contribution is -2.37. The van der Waals surface area contributed by atoms with E-state index < -0.39 is 0 Å². The number of ether oxygens (including phenoxy) is 2. The first-order chi connectivity index (χ1) is 16.8. The van der Waals surface area contributed by atoms with E-state index >= 15 is 0 Å². The van der Waals surface area contributed by atoms with Gasteiger partial charge in [-0.15, -0.1) is 0 Å². The fourth-order valence-electron chi connectivity index (χ4n) is 4.43. The Kier molecular flexibility index (Phi) is 7.02. The molecule has 1 aliphatic heterocycles. The Hall–Kier alpha value is -3.42. The molecule has 7 heteroatoms. The summed E-state index contributed by atoms with van der Waals surface area (Å²) in [5, 5.41) is 4.62. The number of nitrogens with one attached hydrogen (secondary N) is 1. The SMILES string of the molecule is CCOc1ccc(-n2cc(-c3ccccc3)c3c(NCCCN4CCOCC4)ncnc32)cc1. The van der Waals surface area contributed by atoms with Crippen LogP contribution >= 0.6 is 0 Å². The van der Waals surface area contributed by atoms with Crippen molar-refractivity contribution >= 4 is 16.9 Å². The zero-order chi connectivity index (χ0) is 23.2. The van der Waals surface area contributed by atoms with E-state index in [1.165, 1.54) is 0 Å². The first-order valence-electron chi connectivity index (χ1n) is 12.0. The number of benzene rings is 2. The highest BCUT2D eigenvalue weighted by atomic mass is 16.5. The molecule has 1 saturated heterocycles. The molecule has 0 spiro atoms. The van der Waals surface area contributed by atoms with Crippen molar-refractivity contribution in [2.24, 2.45) is 0 Å². The van der Waals surface area contributed by atoms with Gasteiger partial charge < -0.3 is 19.4 Å². The van der Waals surface area contributed by atoms with Crippen molar-refractivity contribution in [3.05, 3.63) is 67.1 Å². The van der Waals surface area contributed by atoms with Crippen molar-refractivity contribution in [1.82, 2.24) is 19.4 Å². The van der Waals surface area contributed by atoms with Crippen LogP contribution in [-0.4, -0.2) is 65.4 Å². The predicted octanol–water partition coefficient (Wildman–Crippen LogP) is 4.62. The summed E-state index contributed by atoms with van der Waals surface area (Å²) in [4.78, 5) is 11.8. The van der Waals surface area contributed by atoms with Crippen molar-refractivity contribution in [3.8, 4) is 22.6 Å². The lowest BCUT2D eigenvalue weighted by molar-refractivity contribution is 0.0378.